The summed E-state index contributed by atoms with van der Waals surface area (Å²) in [5, 5.41) is 3.50. The molecule has 1 heterocycles. The van der Waals surface area contributed by atoms with Gasteiger partial charge in [-0.15, -0.1) is 11.3 Å². The Morgan fingerprint density at radius 3 is 2.32 bits per heavy atom. The van der Waals surface area contributed by atoms with Crippen LogP contribution in [0.2, 0.25) is 0 Å². The fourth-order valence-electron chi connectivity index (χ4n) is 1.92. The molecule has 1 unspecified atom stereocenters. The Hall–Kier alpha value is -1.32. The van der Waals surface area contributed by atoms with Crippen molar-refractivity contribution >= 4 is 17.0 Å². The van der Waals surface area contributed by atoms with E-state index in [2.05, 4.69) is 50.4 Å². The molecule has 0 aliphatic carbocycles. The first-order valence-corrected chi connectivity index (χ1v) is 7.44. The maximum atomic E-state index is 5.92. The summed E-state index contributed by atoms with van der Waals surface area (Å²) >= 11 is 1.85. The van der Waals surface area contributed by atoms with Gasteiger partial charge in [0.1, 0.15) is 0 Å². The number of anilines is 1. The molecule has 0 amide bonds. The van der Waals surface area contributed by atoms with E-state index in [1.54, 1.807) is 0 Å². The van der Waals surface area contributed by atoms with Crippen LogP contribution < -0.4 is 11.1 Å². The van der Waals surface area contributed by atoms with Crippen LogP contribution in [0.3, 0.4) is 0 Å². The first kappa shape index (κ1) is 14.1. The highest BCUT2D eigenvalue weighted by Gasteiger charge is 2.19. The third-order valence-electron chi connectivity index (χ3n) is 3.06. The minimum atomic E-state index is 0.184. The van der Waals surface area contributed by atoms with Gasteiger partial charge in [-0.25, -0.2) is 0 Å². The average Bonchev–Trinajstić information content (AvgIpc) is 2.86. The molecule has 2 nitrogen and oxygen atoms in total. The van der Waals surface area contributed by atoms with Crippen LogP contribution >= 0.6 is 11.3 Å². The molecule has 0 saturated heterocycles. The molecule has 0 radical (unpaired) electrons. The Labute approximate surface area is 119 Å². The lowest BCUT2D eigenvalue weighted by molar-refractivity contribution is 0.604. The van der Waals surface area contributed by atoms with Gasteiger partial charge in [0, 0.05) is 22.0 Å². The molecule has 0 bridgehead atoms. The van der Waals surface area contributed by atoms with Gasteiger partial charge in [-0.1, -0.05) is 39.0 Å². The monoisotopic (exact) mass is 274 g/mol. The van der Waals surface area contributed by atoms with E-state index in [9.17, 15) is 0 Å². The molecule has 0 saturated carbocycles. The van der Waals surface area contributed by atoms with Gasteiger partial charge >= 0.3 is 0 Å². The fraction of sp³-hybridized carbons (Fsp3) is 0.375. The predicted octanol–water partition coefficient (Wildman–Crippen LogP) is 4.16. The van der Waals surface area contributed by atoms with E-state index in [0.29, 0.717) is 6.54 Å². The maximum absolute atomic E-state index is 5.92. The third kappa shape index (κ3) is 3.58. The van der Waals surface area contributed by atoms with Crippen LogP contribution in [0, 0.1) is 0 Å². The zero-order valence-corrected chi connectivity index (χ0v) is 12.6. The normalized spacial score (nSPS) is 13.3. The minimum Gasteiger partial charge on any atom is -0.376 e. The first-order chi connectivity index (χ1) is 9.00. The summed E-state index contributed by atoms with van der Waals surface area (Å²) in [6.45, 7) is 7.32. The minimum absolute atomic E-state index is 0.184. The van der Waals surface area contributed by atoms with Crippen molar-refractivity contribution in [1.82, 2.24) is 0 Å². The second-order valence-electron chi connectivity index (χ2n) is 5.75. The second kappa shape index (κ2) is 5.76. The molecular formula is C16H22N2S. The quantitative estimate of drug-likeness (QED) is 0.878. The maximum Gasteiger partial charge on any atom is 0.0728 e. The second-order valence-corrected chi connectivity index (χ2v) is 6.87. The topological polar surface area (TPSA) is 38.0 Å². The standard InChI is InChI=1S/C16H22N2S/c1-16(2,3)15-10-9-14(19-15)13(11-17)18-12-7-5-4-6-8-12/h4-10,13,18H,11,17H2,1-3H3. The lowest BCUT2D eigenvalue weighted by Crippen LogP contribution is -2.19. The van der Waals surface area contributed by atoms with Crippen molar-refractivity contribution in [3.63, 3.8) is 0 Å². The number of benzene rings is 1. The molecule has 0 fully saturated rings. The van der Waals surface area contributed by atoms with Crippen LogP contribution in [0.1, 0.15) is 36.6 Å². The highest BCUT2D eigenvalue weighted by atomic mass is 32.1. The van der Waals surface area contributed by atoms with Crippen molar-refractivity contribution in [1.29, 1.82) is 0 Å². The molecule has 102 valence electrons. The van der Waals surface area contributed by atoms with Crippen molar-refractivity contribution in [3.05, 3.63) is 52.2 Å². The summed E-state index contributed by atoms with van der Waals surface area (Å²) in [4.78, 5) is 2.70. The molecule has 1 atom stereocenters. The van der Waals surface area contributed by atoms with Gasteiger partial charge in [-0.3, -0.25) is 0 Å². The summed E-state index contributed by atoms with van der Waals surface area (Å²) < 4.78 is 0. The number of hydrogen-bond acceptors (Lipinski definition) is 3. The molecule has 0 aliphatic rings. The molecular weight excluding hydrogens is 252 g/mol. The van der Waals surface area contributed by atoms with Crippen molar-refractivity contribution in [2.75, 3.05) is 11.9 Å². The van der Waals surface area contributed by atoms with Gasteiger partial charge in [0.25, 0.3) is 0 Å². The number of para-hydroxylation sites is 1. The Bertz CT molecular complexity index is 511. The van der Waals surface area contributed by atoms with Gasteiger partial charge in [0.2, 0.25) is 0 Å². The zero-order chi connectivity index (χ0) is 13.9. The summed E-state index contributed by atoms with van der Waals surface area (Å²) in [5.74, 6) is 0. The van der Waals surface area contributed by atoms with Crippen molar-refractivity contribution in [2.45, 2.75) is 32.2 Å². The van der Waals surface area contributed by atoms with Gasteiger partial charge in [-0.2, -0.15) is 0 Å². The molecule has 1 aromatic carbocycles. The molecule has 0 aliphatic heterocycles. The van der Waals surface area contributed by atoms with Gasteiger partial charge in [-0.05, 0) is 29.7 Å². The van der Waals surface area contributed by atoms with E-state index in [1.807, 2.05) is 29.5 Å². The van der Waals surface area contributed by atoms with Crippen LogP contribution in [0.25, 0.3) is 0 Å². The molecule has 3 heteroatoms. The number of nitrogens with two attached hydrogens (primary N) is 1. The smallest absolute Gasteiger partial charge is 0.0728 e. The Kier molecular flexibility index (Phi) is 4.27. The van der Waals surface area contributed by atoms with Crippen LogP contribution in [0.15, 0.2) is 42.5 Å². The lowest BCUT2D eigenvalue weighted by atomic mass is 9.95. The number of rotatable bonds is 4. The summed E-state index contributed by atoms with van der Waals surface area (Å²) in [7, 11) is 0. The van der Waals surface area contributed by atoms with E-state index in [0.717, 1.165) is 5.69 Å². The van der Waals surface area contributed by atoms with E-state index >= 15 is 0 Å². The highest BCUT2D eigenvalue weighted by Crippen LogP contribution is 2.33. The largest absolute Gasteiger partial charge is 0.376 e. The molecule has 3 N–H and O–H groups in total. The van der Waals surface area contributed by atoms with E-state index in [1.165, 1.54) is 9.75 Å². The van der Waals surface area contributed by atoms with Crippen molar-refractivity contribution in [2.24, 2.45) is 5.73 Å². The molecule has 2 aromatic rings. The Morgan fingerprint density at radius 2 is 1.79 bits per heavy atom. The van der Waals surface area contributed by atoms with Crippen LogP contribution in [0.5, 0.6) is 0 Å². The molecule has 0 spiro atoms. The average molecular weight is 274 g/mol. The van der Waals surface area contributed by atoms with Gasteiger partial charge in [0.05, 0.1) is 6.04 Å². The summed E-state index contributed by atoms with van der Waals surface area (Å²) in [6.07, 6.45) is 0. The lowest BCUT2D eigenvalue weighted by Gasteiger charge is -2.18. The Balaban J connectivity index is 2.16. The Morgan fingerprint density at radius 1 is 1.11 bits per heavy atom. The van der Waals surface area contributed by atoms with Crippen molar-refractivity contribution in [3.8, 4) is 0 Å². The van der Waals surface area contributed by atoms with Crippen LogP contribution in [-0.4, -0.2) is 6.54 Å². The zero-order valence-electron chi connectivity index (χ0n) is 11.8. The van der Waals surface area contributed by atoms with E-state index in [4.69, 9.17) is 5.73 Å². The summed E-state index contributed by atoms with van der Waals surface area (Å²) in [5.41, 5.74) is 7.23. The van der Waals surface area contributed by atoms with E-state index < -0.39 is 0 Å². The first-order valence-electron chi connectivity index (χ1n) is 6.62. The molecule has 19 heavy (non-hydrogen) atoms. The van der Waals surface area contributed by atoms with Gasteiger partial charge < -0.3 is 11.1 Å². The van der Waals surface area contributed by atoms with Crippen LogP contribution in [0.4, 0.5) is 5.69 Å². The van der Waals surface area contributed by atoms with Crippen molar-refractivity contribution < 1.29 is 0 Å². The SMILES string of the molecule is CC(C)(C)c1ccc(C(CN)Nc2ccccc2)s1. The number of thiophene rings is 1. The third-order valence-corrected chi connectivity index (χ3v) is 4.68. The van der Waals surface area contributed by atoms with E-state index in [-0.39, 0.29) is 11.5 Å². The van der Waals surface area contributed by atoms with Gasteiger partial charge in [0.15, 0.2) is 0 Å². The molecule has 1 aromatic heterocycles. The molecule has 2 rings (SSSR count). The number of nitrogens with one attached hydrogen (secondary N) is 1. The predicted molar refractivity (Wildman–Crippen MR) is 84.9 cm³/mol. The summed E-state index contributed by atoms with van der Waals surface area (Å²) in [6, 6.07) is 14.8. The van der Waals surface area contributed by atoms with Crippen LogP contribution in [-0.2, 0) is 5.41 Å². The highest BCUT2D eigenvalue weighted by molar-refractivity contribution is 7.12. The number of hydrogen-bond donors (Lipinski definition) is 2. The fourth-order valence-corrected chi connectivity index (χ4v) is 3.05.